The number of nitrogens with one attached hydrogen (secondary N) is 1. The van der Waals surface area contributed by atoms with E-state index in [-0.39, 0.29) is 23.3 Å². The first-order chi connectivity index (χ1) is 16.5. The van der Waals surface area contributed by atoms with Gasteiger partial charge in [-0.15, -0.1) is 0 Å². The number of hydrogen-bond acceptors (Lipinski definition) is 6. The van der Waals surface area contributed by atoms with Gasteiger partial charge in [0, 0.05) is 55.1 Å². The van der Waals surface area contributed by atoms with E-state index in [4.69, 9.17) is 10.5 Å². The van der Waals surface area contributed by atoms with E-state index in [2.05, 4.69) is 15.4 Å². The van der Waals surface area contributed by atoms with E-state index in [0.29, 0.717) is 25.3 Å². The smallest absolute Gasteiger partial charge is 0.410 e. The molecule has 0 bridgehead atoms. The lowest BCUT2D eigenvalue weighted by Crippen LogP contribution is -2.39. The van der Waals surface area contributed by atoms with Gasteiger partial charge in [-0.25, -0.2) is 9.78 Å². The van der Waals surface area contributed by atoms with E-state index in [1.165, 1.54) is 0 Å². The minimum absolute atomic E-state index is 0.148. The molecule has 5 rings (SSSR count). The van der Waals surface area contributed by atoms with E-state index in [1.54, 1.807) is 34.1 Å². The third kappa shape index (κ3) is 4.27. The number of aryl methyl sites for hydroxylation is 1. The van der Waals surface area contributed by atoms with Gasteiger partial charge in [0.05, 0.1) is 11.8 Å². The molecule has 0 spiro atoms. The highest BCUT2D eigenvalue weighted by Crippen LogP contribution is 2.26. The summed E-state index contributed by atoms with van der Waals surface area (Å²) in [5.74, 6) is 0.335. The van der Waals surface area contributed by atoms with Crippen molar-refractivity contribution in [3.63, 3.8) is 0 Å². The molecule has 2 aromatic carbocycles. The molecule has 3 heterocycles. The van der Waals surface area contributed by atoms with Crippen LogP contribution in [-0.2, 0) is 7.05 Å². The summed E-state index contributed by atoms with van der Waals surface area (Å²) in [6, 6.07) is 14.8. The first kappa shape index (κ1) is 21.4. The molecular weight excluding hydrogens is 432 g/mol. The number of pyridine rings is 1. The van der Waals surface area contributed by atoms with Gasteiger partial charge in [0.1, 0.15) is 11.6 Å². The number of likely N-dealkylation sites (tertiary alicyclic amines) is 1. The van der Waals surface area contributed by atoms with Crippen LogP contribution in [0.5, 0.6) is 5.75 Å². The Morgan fingerprint density at radius 1 is 1.12 bits per heavy atom. The maximum Gasteiger partial charge on any atom is 0.415 e. The minimum atomic E-state index is -0.437. The summed E-state index contributed by atoms with van der Waals surface area (Å²) in [6.07, 6.45) is 5.33. The molecule has 1 atom stereocenters. The second-order valence-electron chi connectivity index (χ2n) is 8.31. The molecule has 34 heavy (non-hydrogen) atoms. The standard InChI is InChI=1S/C25H24N6O3/c1-30-14-18(13-28-30)17-11-21(23(26)27-12-17)24(32)29-19-9-10-31(15-19)25(33)34-22-8-4-6-16-5-2-3-7-20(16)22/h2-8,11-14,19H,9-10,15H2,1H3,(H2,26,27)(H,29,32)/t19-/m1/s1. The predicted octanol–water partition coefficient (Wildman–Crippen LogP) is 3.22. The number of nitrogens with zero attached hydrogens (tertiary/aromatic N) is 4. The average Bonchev–Trinajstić information content (AvgIpc) is 3.49. The lowest BCUT2D eigenvalue weighted by molar-refractivity contribution is 0.0937. The summed E-state index contributed by atoms with van der Waals surface area (Å²) in [4.78, 5) is 31.5. The Bertz CT molecular complexity index is 1380. The van der Waals surface area contributed by atoms with Crippen molar-refractivity contribution in [1.82, 2.24) is 25.0 Å². The highest BCUT2D eigenvalue weighted by molar-refractivity contribution is 5.99. The van der Waals surface area contributed by atoms with Gasteiger partial charge in [0.2, 0.25) is 0 Å². The van der Waals surface area contributed by atoms with Gasteiger partial charge >= 0.3 is 6.09 Å². The molecule has 172 valence electrons. The molecular formula is C25H24N6O3. The SMILES string of the molecule is Cn1cc(-c2cnc(N)c(C(=O)N[C@@H]3CCN(C(=O)Oc4cccc5ccccc45)C3)c2)cn1. The summed E-state index contributed by atoms with van der Waals surface area (Å²) < 4.78 is 7.35. The van der Waals surface area contributed by atoms with Gasteiger partial charge in [-0.1, -0.05) is 36.4 Å². The van der Waals surface area contributed by atoms with E-state index < -0.39 is 6.09 Å². The van der Waals surface area contributed by atoms with Crippen LogP contribution in [0.15, 0.2) is 67.1 Å². The molecule has 3 N–H and O–H groups in total. The van der Waals surface area contributed by atoms with Crippen LogP contribution in [0.2, 0.25) is 0 Å². The number of carbonyl (C=O) groups excluding carboxylic acids is 2. The molecule has 0 unspecified atom stereocenters. The van der Waals surface area contributed by atoms with Crippen LogP contribution in [0.1, 0.15) is 16.8 Å². The van der Waals surface area contributed by atoms with Crippen molar-refractivity contribution in [3.8, 4) is 16.9 Å². The zero-order chi connectivity index (χ0) is 23.7. The Balaban J connectivity index is 1.24. The van der Waals surface area contributed by atoms with Gasteiger partial charge in [-0.2, -0.15) is 5.10 Å². The first-order valence-corrected chi connectivity index (χ1v) is 11.0. The van der Waals surface area contributed by atoms with Gasteiger partial charge in [-0.3, -0.25) is 9.48 Å². The van der Waals surface area contributed by atoms with Crippen molar-refractivity contribution in [1.29, 1.82) is 0 Å². The quantitative estimate of drug-likeness (QED) is 0.487. The molecule has 0 radical (unpaired) electrons. The maximum absolute atomic E-state index is 12.9. The average molecular weight is 457 g/mol. The number of ether oxygens (including phenoxy) is 1. The molecule has 0 saturated carbocycles. The van der Waals surface area contributed by atoms with Gasteiger partial charge < -0.3 is 20.7 Å². The second kappa shape index (κ2) is 8.86. The van der Waals surface area contributed by atoms with Crippen molar-refractivity contribution >= 4 is 28.6 Å². The highest BCUT2D eigenvalue weighted by atomic mass is 16.6. The van der Waals surface area contributed by atoms with Gasteiger partial charge in [0.25, 0.3) is 5.91 Å². The fraction of sp³-hybridized carbons (Fsp3) is 0.200. The number of anilines is 1. The van der Waals surface area contributed by atoms with Crippen LogP contribution in [0.4, 0.5) is 10.6 Å². The molecule has 9 heteroatoms. The van der Waals surface area contributed by atoms with Crippen molar-refractivity contribution < 1.29 is 14.3 Å². The lowest BCUT2D eigenvalue weighted by Gasteiger charge is -2.18. The van der Waals surface area contributed by atoms with Crippen molar-refractivity contribution in [2.75, 3.05) is 18.8 Å². The van der Waals surface area contributed by atoms with Crippen LogP contribution in [0.25, 0.3) is 21.9 Å². The number of aromatic nitrogens is 3. The Labute approximate surface area is 196 Å². The Kier molecular flexibility index (Phi) is 5.59. The number of nitrogens with two attached hydrogens (primary N) is 1. The summed E-state index contributed by atoms with van der Waals surface area (Å²) >= 11 is 0. The van der Waals surface area contributed by atoms with Crippen LogP contribution in [0, 0.1) is 0 Å². The number of hydrogen-bond donors (Lipinski definition) is 2. The predicted molar refractivity (Wildman–Crippen MR) is 128 cm³/mol. The molecule has 1 fully saturated rings. The fourth-order valence-electron chi connectivity index (χ4n) is 4.14. The molecule has 4 aromatic rings. The number of carbonyl (C=O) groups is 2. The van der Waals surface area contributed by atoms with E-state index >= 15 is 0 Å². The number of benzene rings is 2. The monoisotopic (exact) mass is 456 g/mol. The zero-order valence-corrected chi connectivity index (χ0v) is 18.6. The number of rotatable bonds is 4. The third-order valence-electron chi connectivity index (χ3n) is 5.93. The van der Waals surface area contributed by atoms with E-state index in [9.17, 15) is 9.59 Å². The van der Waals surface area contributed by atoms with Crippen molar-refractivity contribution in [3.05, 3.63) is 72.7 Å². The number of fused-ring (bicyclic) bond motifs is 1. The summed E-state index contributed by atoms with van der Waals surface area (Å²) in [6.45, 7) is 0.836. The fourth-order valence-corrected chi connectivity index (χ4v) is 4.14. The summed E-state index contributed by atoms with van der Waals surface area (Å²) in [7, 11) is 1.82. The molecule has 1 saturated heterocycles. The summed E-state index contributed by atoms with van der Waals surface area (Å²) in [5, 5.41) is 8.99. The topological polar surface area (TPSA) is 115 Å². The van der Waals surface area contributed by atoms with Crippen LogP contribution in [-0.4, -0.2) is 50.8 Å². The van der Waals surface area contributed by atoms with Crippen LogP contribution >= 0.6 is 0 Å². The molecule has 1 aliphatic heterocycles. The maximum atomic E-state index is 12.9. The van der Waals surface area contributed by atoms with Crippen molar-refractivity contribution in [2.45, 2.75) is 12.5 Å². The van der Waals surface area contributed by atoms with Gasteiger partial charge in [0.15, 0.2) is 0 Å². The molecule has 1 aliphatic rings. The largest absolute Gasteiger partial charge is 0.415 e. The molecule has 9 nitrogen and oxygen atoms in total. The minimum Gasteiger partial charge on any atom is -0.410 e. The van der Waals surface area contributed by atoms with Gasteiger partial charge in [-0.05, 0) is 23.9 Å². The Morgan fingerprint density at radius 3 is 2.76 bits per heavy atom. The summed E-state index contributed by atoms with van der Waals surface area (Å²) in [5.41, 5.74) is 7.86. The number of amides is 2. The molecule has 0 aliphatic carbocycles. The Hall–Kier alpha value is -4.40. The number of nitrogen functional groups attached to an aromatic ring is 1. The first-order valence-electron chi connectivity index (χ1n) is 11.0. The lowest BCUT2D eigenvalue weighted by atomic mass is 10.1. The van der Waals surface area contributed by atoms with Crippen molar-refractivity contribution in [2.24, 2.45) is 7.05 Å². The molecule has 2 amide bonds. The zero-order valence-electron chi connectivity index (χ0n) is 18.6. The second-order valence-corrected chi connectivity index (χ2v) is 8.31. The molecule has 2 aromatic heterocycles. The van der Waals surface area contributed by atoms with Crippen LogP contribution in [0.3, 0.4) is 0 Å². The third-order valence-corrected chi connectivity index (χ3v) is 5.93. The van der Waals surface area contributed by atoms with E-state index in [1.807, 2.05) is 49.6 Å². The normalized spacial score (nSPS) is 15.4. The Morgan fingerprint density at radius 2 is 1.94 bits per heavy atom. The highest BCUT2D eigenvalue weighted by Gasteiger charge is 2.29. The van der Waals surface area contributed by atoms with Crippen LogP contribution < -0.4 is 15.8 Å². The van der Waals surface area contributed by atoms with E-state index in [0.717, 1.165) is 21.9 Å².